The summed E-state index contributed by atoms with van der Waals surface area (Å²) in [5, 5.41) is 2.63. The lowest BCUT2D eigenvalue weighted by Crippen LogP contribution is -2.42. The number of unbranched alkanes of at least 4 members (excludes halogenated alkanes) is 1. The lowest BCUT2D eigenvalue weighted by atomic mass is 10.2. The zero-order chi connectivity index (χ0) is 14.8. The zero-order valence-electron chi connectivity index (χ0n) is 12.0. The highest BCUT2D eigenvalue weighted by Gasteiger charge is 2.19. The Labute approximate surface area is 125 Å². The van der Waals surface area contributed by atoms with Crippen LogP contribution in [-0.4, -0.2) is 68.5 Å². The van der Waals surface area contributed by atoms with Gasteiger partial charge in [-0.25, -0.2) is 4.79 Å². The molecular weight excluding hydrogens is 280 g/mol. The van der Waals surface area contributed by atoms with E-state index in [1.807, 2.05) is 0 Å². The first-order valence-electron chi connectivity index (χ1n) is 6.95. The number of methoxy groups -OCH3 is 1. The van der Waals surface area contributed by atoms with Crippen molar-refractivity contribution in [3.8, 4) is 0 Å². The number of carbonyl (C=O) groups is 2. The van der Waals surface area contributed by atoms with E-state index in [2.05, 4.69) is 27.6 Å². The molecule has 0 radical (unpaired) electrons. The molecule has 7 heteroatoms. The molecule has 1 fully saturated rings. The summed E-state index contributed by atoms with van der Waals surface area (Å²) in [6, 6.07) is -0.657. The van der Waals surface area contributed by atoms with Gasteiger partial charge < -0.3 is 14.8 Å². The Morgan fingerprint density at radius 1 is 1.35 bits per heavy atom. The highest BCUT2D eigenvalue weighted by Crippen LogP contribution is 2.03. The molecule has 20 heavy (non-hydrogen) atoms. The van der Waals surface area contributed by atoms with Crippen LogP contribution in [0.1, 0.15) is 19.3 Å². The summed E-state index contributed by atoms with van der Waals surface area (Å²) in [6.07, 6.45) is 2.20. The van der Waals surface area contributed by atoms with Crippen molar-refractivity contribution in [1.82, 2.24) is 10.2 Å². The maximum atomic E-state index is 11.7. The number of hydrogen-bond donors (Lipinski definition) is 2. The molecule has 116 valence electrons. The normalized spacial score (nSPS) is 17.5. The molecule has 1 N–H and O–H groups in total. The predicted molar refractivity (Wildman–Crippen MR) is 78.9 cm³/mol. The topological polar surface area (TPSA) is 67.9 Å². The van der Waals surface area contributed by atoms with E-state index < -0.39 is 12.0 Å². The molecular formula is C13H24N2O4S. The number of hydrogen-bond acceptors (Lipinski definition) is 6. The quantitative estimate of drug-likeness (QED) is 0.377. The molecule has 6 nitrogen and oxygen atoms in total. The van der Waals surface area contributed by atoms with Gasteiger partial charge in [0.05, 0.1) is 20.3 Å². The monoisotopic (exact) mass is 304 g/mol. The van der Waals surface area contributed by atoms with Crippen LogP contribution in [0.3, 0.4) is 0 Å². The highest BCUT2D eigenvalue weighted by molar-refractivity contribution is 7.80. The van der Waals surface area contributed by atoms with E-state index in [0.717, 1.165) is 45.7 Å². The summed E-state index contributed by atoms with van der Waals surface area (Å²) in [4.78, 5) is 25.3. The fraction of sp³-hybridized carbons (Fsp3) is 0.846. The van der Waals surface area contributed by atoms with Crippen molar-refractivity contribution >= 4 is 24.5 Å². The first-order chi connectivity index (χ1) is 9.67. The highest BCUT2D eigenvalue weighted by atomic mass is 32.1. The third-order valence-electron chi connectivity index (χ3n) is 3.24. The van der Waals surface area contributed by atoms with Gasteiger partial charge in [0.25, 0.3) is 0 Å². The van der Waals surface area contributed by atoms with E-state index in [9.17, 15) is 9.59 Å². The van der Waals surface area contributed by atoms with Crippen molar-refractivity contribution < 1.29 is 19.1 Å². The second-order valence-corrected chi connectivity index (χ2v) is 5.10. The Morgan fingerprint density at radius 3 is 2.65 bits per heavy atom. The van der Waals surface area contributed by atoms with E-state index >= 15 is 0 Å². The van der Waals surface area contributed by atoms with E-state index in [0.29, 0.717) is 6.42 Å². The molecule has 1 aliphatic heterocycles. The fourth-order valence-corrected chi connectivity index (χ4v) is 2.27. The second kappa shape index (κ2) is 10.0. The van der Waals surface area contributed by atoms with E-state index in [-0.39, 0.29) is 11.7 Å². The first-order valence-corrected chi connectivity index (χ1v) is 7.58. The smallest absolute Gasteiger partial charge is 0.329 e. The Morgan fingerprint density at radius 2 is 2.05 bits per heavy atom. The van der Waals surface area contributed by atoms with Crippen LogP contribution in [0.2, 0.25) is 0 Å². The molecule has 0 bridgehead atoms. The van der Waals surface area contributed by atoms with Crippen LogP contribution in [0.25, 0.3) is 0 Å². The summed E-state index contributed by atoms with van der Waals surface area (Å²) in [6.45, 7) is 4.52. The van der Waals surface area contributed by atoms with Gasteiger partial charge in [-0.1, -0.05) is 0 Å². The number of carbonyl (C=O) groups excluding carboxylic acids is 2. The van der Waals surface area contributed by atoms with E-state index in [1.54, 1.807) is 0 Å². The van der Waals surface area contributed by atoms with Crippen LogP contribution in [-0.2, 0) is 19.1 Å². The van der Waals surface area contributed by atoms with Gasteiger partial charge in [-0.2, -0.15) is 12.6 Å². The van der Waals surface area contributed by atoms with Crippen molar-refractivity contribution in [3.05, 3.63) is 0 Å². The average molecular weight is 304 g/mol. The molecule has 0 aromatic heterocycles. The molecule has 1 amide bonds. The Balaban J connectivity index is 2.11. The van der Waals surface area contributed by atoms with Gasteiger partial charge in [-0.15, -0.1) is 0 Å². The van der Waals surface area contributed by atoms with Crippen LogP contribution in [0.15, 0.2) is 0 Å². The number of rotatable bonds is 8. The predicted octanol–water partition coefficient (Wildman–Crippen LogP) is 0.0765. The molecule has 1 aliphatic rings. The Bertz CT molecular complexity index is 309. The molecule has 1 saturated heterocycles. The maximum absolute atomic E-state index is 11.7. The van der Waals surface area contributed by atoms with Gasteiger partial charge in [0.1, 0.15) is 6.04 Å². The molecule has 1 atom stereocenters. The number of nitrogens with zero attached hydrogens (tertiary/aromatic N) is 1. The van der Waals surface area contributed by atoms with Gasteiger partial charge in [-0.3, -0.25) is 9.69 Å². The summed E-state index contributed by atoms with van der Waals surface area (Å²) in [7, 11) is 1.30. The molecule has 1 rings (SSSR count). The number of morpholine rings is 1. The number of amides is 1. The van der Waals surface area contributed by atoms with Gasteiger partial charge in [0.2, 0.25) is 5.91 Å². The standard InChI is InChI=1S/C13H24N2O4S/c1-18-13(17)11(10-20)14-12(16)4-2-3-5-15-6-8-19-9-7-15/h11,20H,2-10H2,1H3,(H,14,16)/t11-/m0/s1. The molecule has 0 unspecified atom stereocenters. The minimum atomic E-state index is -0.657. The maximum Gasteiger partial charge on any atom is 0.329 e. The number of ether oxygens (including phenoxy) is 2. The lowest BCUT2D eigenvalue weighted by molar-refractivity contribution is -0.144. The van der Waals surface area contributed by atoms with Gasteiger partial charge in [0, 0.05) is 25.3 Å². The fourth-order valence-electron chi connectivity index (χ4n) is 2.03. The van der Waals surface area contributed by atoms with Crippen LogP contribution in [0, 0.1) is 0 Å². The van der Waals surface area contributed by atoms with E-state index in [1.165, 1.54) is 7.11 Å². The molecule has 0 aliphatic carbocycles. The van der Waals surface area contributed by atoms with Crippen molar-refractivity contribution in [2.75, 3.05) is 45.7 Å². The molecule has 0 spiro atoms. The number of thiol groups is 1. The molecule has 0 saturated carbocycles. The van der Waals surface area contributed by atoms with Crippen molar-refractivity contribution in [2.24, 2.45) is 0 Å². The van der Waals surface area contributed by atoms with Crippen LogP contribution in [0.5, 0.6) is 0 Å². The second-order valence-electron chi connectivity index (χ2n) is 4.74. The summed E-state index contributed by atoms with van der Waals surface area (Å²) in [5.41, 5.74) is 0. The third kappa shape index (κ3) is 6.58. The molecule has 0 aromatic carbocycles. The van der Waals surface area contributed by atoms with Crippen molar-refractivity contribution in [1.29, 1.82) is 0 Å². The summed E-state index contributed by atoms with van der Waals surface area (Å²) < 4.78 is 9.86. The van der Waals surface area contributed by atoms with Crippen LogP contribution in [0.4, 0.5) is 0 Å². The lowest BCUT2D eigenvalue weighted by Gasteiger charge is -2.26. The minimum absolute atomic E-state index is 0.128. The van der Waals surface area contributed by atoms with Gasteiger partial charge in [0.15, 0.2) is 0 Å². The molecule has 0 aromatic rings. The largest absolute Gasteiger partial charge is 0.467 e. The van der Waals surface area contributed by atoms with Gasteiger partial charge in [-0.05, 0) is 19.4 Å². The van der Waals surface area contributed by atoms with E-state index in [4.69, 9.17) is 4.74 Å². The Kier molecular flexibility index (Phi) is 8.64. The zero-order valence-corrected chi connectivity index (χ0v) is 12.9. The van der Waals surface area contributed by atoms with Crippen LogP contribution < -0.4 is 5.32 Å². The molecule has 1 heterocycles. The first kappa shape index (κ1) is 17.3. The SMILES string of the molecule is COC(=O)[C@H](CS)NC(=O)CCCCN1CCOCC1. The Hall–Kier alpha value is -0.790. The van der Waals surface area contributed by atoms with Gasteiger partial charge >= 0.3 is 5.97 Å². The van der Waals surface area contributed by atoms with Crippen LogP contribution >= 0.6 is 12.6 Å². The van der Waals surface area contributed by atoms with Crippen molar-refractivity contribution in [3.63, 3.8) is 0 Å². The summed E-state index contributed by atoms with van der Waals surface area (Å²) in [5.74, 6) is -0.343. The van der Waals surface area contributed by atoms with Crippen molar-refractivity contribution in [2.45, 2.75) is 25.3 Å². The summed E-state index contributed by atoms with van der Waals surface area (Å²) >= 11 is 4.03. The minimum Gasteiger partial charge on any atom is -0.467 e. The third-order valence-corrected chi connectivity index (χ3v) is 3.60. The number of esters is 1. The number of nitrogens with one attached hydrogen (secondary N) is 1. The average Bonchev–Trinajstić information content (AvgIpc) is 2.49.